The summed E-state index contributed by atoms with van der Waals surface area (Å²) in [7, 11) is 1.99. The van der Waals surface area contributed by atoms with Crippen LogP contribution in [-0.4, -0.2) is 29.6 Å². The molecule has 0 unspecified atom stereocenters. The third-order valence-corrected chi connectivity index (χ3v) is 3.18. The number of nitrogens with zero attached hydrogens (tertiary/aromatic N) is 3. The van der Waals surface area contributed by atoms with Crippen molar-refractivity contribution in [2.75, 3.05) is 18.5 Å². The molecule has 0 saturated carbocycles. The van der Waals surface area contributed by atoms with Crippen molar-refractivity contribution in [1.29, 1.82) is 0 Å². The van der Waals surface area contributed by atoms with E-state index in [1.165, 1.54) is 5.56 Å². The third-order valence-electron chi connectivity index (χ3n) is 3.18. The first-order chi connectivity index (χ1) is 9.72. The van der Waals surface area contributed by atoms with Gasteiger partial charge in [-0.1, -0.05) is 17.3 Å². The first kappa shape index (κ1) is 13.9. The number of amidine groups is 1. The van der Waals surface area contributed by atoms with Crippen LogP contribution in [0.1, 0.15) is 11.1 Å². The Morgan fingerprint density at radius 1 is 1.25 bits per heavy atom. The molecule has 0 aliphatic heterocycles. The second-order valence-electron chi connectivity index (χ2n) is 4.53. The first-order valence-corrected chi connectivity index (χ1v) is 6.39. The summed E-state index contributed by atoms with van der Waals surface area (Å²) in [6.07, 6.45) is 4.49. The molecular weight excluding hydrogens is 252 g/mol. The highest BCUT2D eigenvalue weighted by atomic mass is 16.4. The van der Waals surface area contributed by atoms with Crippen LogP contribution in [0.4, 0.5) is 5.69 Å². The fraction of sp³-hybridized carbons (Fsp3) is 0.200. The second-order valence-corrected chi connectivity index (χ2v) is 4.53. The van der Waals surface area contributed by atoms with E-state index >= 15 is 0 Å². The SMILES string of the molecule is CN(CCc1ccncc1)c1ccccc1C(N)=NO. The average Bonchev–Trinajstić information content (AvgIpc) is 2.52. The Kier molecular flexibility index (Phi) is 4.55. The fourth-order valence-corrected chi connectivity index (χ4v) is 2.04. The molecule has 2 rings (SSSR count). The monoisotopic (exact) mass is 270 g/mol. The van der Waals surface area contributed by atoms with Crippen molar-refractivity contribution in [3.8, 4) is 0 Å². The number of hydrogen-bond donors (Lipinski definition) is 2. The van der Waals surface area contributed by atoms with Crippen molar-refractivity contribution in [2.24, 2.45) is 10.9 Å². The Labute approximate surface area is 118 Å². The Balaban J connectivity index is 2.11. The molecular formula is C15H18N4O. The molecule has 0 amide bonds. The van der Waals surface area contributed by atoms with Crippen molar-refractivity contribution in [1.82, 2.24) is 4.98 Å². The zero-order chi connectivity index (χ0) is 14.4. The van der Waals surface area contributed by atoms with Crippen LogP contribution in [0, 0.1) is 0 Å². The van der Waals surface area contributed by atoms with E-state index in [0.717, 1.165) is 24.2 Å². The number of anilines is 1. The van der Waals surface area contributed by atoms with Crippen LogP contribution in [0.5, 0.6) is 0 Å². The maximum Gasteiger partial charge on any atom is 0.172 e. The normalized spacial score (nSPS) is 11.3. The van der Waals surface area contributed by atoms with E-state index in [2.05, 4.69) is 15.0 Å². The van der Waals surface area contributed by atoms with Crippen molar-refractivity contribution in [3.05, 3.63) is 59.9 Å². The first-order valence-electron chi connectivity index (χ1n) is 6.39. The van der Waals surface area contributed by atoms with E-state index in [1.54, 1.807) is 12.4 Å². The number of nitrogens with two attached hydrogens (primary N) is 1. The number of para-hydroxylation sites is 1. The summed E-state index contributed by atoms with van der Waals surface area (Å²) in [5.74, 6) is 0.122. The van der Waals surface area contributed by atoms with Gasteiger partial charge in [0.25, 0.3) is 0 Å². The average molecular weight is 270 g/mol. The number of pyridine rings is 1. The van der Waals surface area contributed by atoms with Gasteiger partial charge in [0.2, 0.25) is 0 Å². The van der Waals surface area contributed by atoms with Gasteiger partial charge in [-0.2, -0.15) is 0 Å². The molecule has 5 heteroatoms. The van der Waals surface area contributed by atoms with Crippen LogP contribution in [0.15, 0.2) is 53.9 Å². The predicted octanol–water partition coefficient (Wildman–Crippen LogP) is 1.85. The minimum absolute atomic E-state index is 0.122. The Hall–Kier alpha value is -2.56. The maximum atomic E-state index is 8.84. The van der Waals surface area contributed by atoms with Crippen molar-refractivity contribution >= 4 is 11.5 Å². The molecule has 0 atom stereocenters. The summed E-state index contributed by atoms with van der Waals surface area (Å²) in [6, 6.07) is 11.6. The van der Waals surface area contributed by atoms with Crippen LogP contribution < -0.4 is 10.6 Å². The van der Waals surface area contributed by atoms with Gasteiger partial charge in [0.05, 0.1) is 0 Å². The van der Waals surface area contributed by atoms with Crippen LogP contribution in [0.3, 0.4) is 0 Å². The summed E-state index contributed by atoms with van der Waals surface area (Å²) < 4.78 is 0. The minimum atomic E-state index is 0.122. The number of likely N-dealkylation sites (N-methyl/N-ethyl adjacent to an activating group) is 1. The molecule has 1 heterocycles. The molecule has 3 N–H and O–H groups in total. The van der Waals surface area contributed by atoms with Crippen molar-refractivity contribution in [2.45, 2.75) is 6.42 Å². The lowest BCUT2D eigenvalue weighted by Gasteiger charge is -2.22. The fourth-order valence-electron chi connectivity index (χ4n) is 2.04. The third kappa shape index (κ3) is 3.26. The lowest BCUT2D eigenvalue weighted by Crippen LogP contribution is -2.24. The van der Waals surface area contributed by atoms with Crippen LogP contribution in [0.25, 0.3) is 0 Å². The quantitative estimate of drug-likeness (QED) is 0.376. The molecule has 0 spiro atoms. The molecule has 1 aromatic heterocycles. The van der Waals surface area contributed by atoms with Gasteiger partial charge in [-0.3, -0.25) is 4.98 Å². The molecule has 0 aliphatic rings. The van der Waals surface area contributed by atoms with Gasteiger partial charge in [0, 0.05) is 37.2 Å². The molecule has 0 fully saturated rings. The number of benzene rings is 1. The lowest BCUT2D eigenvalue weighted by molar-refractivity contribution is 0.318. The van der Waals surface area contributed by atoms with E-state index in [9.17, 15) is 0 Å². The van der Waals surface area contributed by atoms with Gasteiger partial charge in [-0.25, -0.2) is 0 Å². The number of oxime groups is 1. The van der Waals surface area contributed by atoms with Crippen LogP contribution in [0.2, 0.25) is 0 Å². The molecule has 2 aromatic rings. The smallest absolute Gasteiger partial charge is 0.172 e. The standard InChI is InChI=1S/C15H18N4O/c1-19(11-8-12-6-9-17-10-7-12)14-5-3-2-4-13(14)15(16)18-20/h2-7,9-10,20H,8,11H2,1H3,(H2,16,18). The molecule has 0 saturated heterocycles. The summed E-state index contributed by atoms with van der Waals surface area (Å²) in [5.41, 5.74) is 8.61. The largest absolute Gasteiger partial charge is 0.409 e. The maximum absolute atomic E-state index is 8.84. The molecule has 0 aliphatic carbocycles. The highest BCUT2D eigenvalue weighted by molar-refractivity contribution is 6.02. The Morgan fingerprint density at radius 3 is 2.65 bits per heavy atom. The molecule has 5 nitrogen and oxygen atoms in total. The summed E-state index contributed by atoms with van der Waals surface area (Å²) in [5, 5.41) is 11.9. The summed E-state index contributed by atoms with van der Waals surface area (Å²) >= 11 is 0. The van der Waals surface area contributed by atoms with Gasteiger partial charge in [-0.15, -0.1) is 0 Å². The second kappa shape index (κ2) is 6.56. The molecule has 20 heavy (non-hydrogen) atoms. The van der Waals surface area contributed by atoms with Gasteiger partial charge in [0.15, 0.2) is 5.84 Å². The van der Waals surface area contributed by atoms with Crippen molar-refractivity contribution < 1.29 is 5.21 Å². The topological polar surface area (TPSA) is 74.7 Å². The zero-order valence-electron chi connectivity index (χ0n) is 11.4. The minimum Gasteiger partial charge on any atom is -0.409 e. The van der Waals surface area contributed by atoms with E-state index in [1.807, 2.05) is 43.4 Å². The van der Waals surface area contributed by atoms with Crippen LogP contribution in [-0.2, 0) is 6.42 Å². The van der Waals surface area contributed by atoms with Crippen molar-refractivity contribution in [3.63, 3.8) is 0 Å². The van der Waals surface area contributed by atoms with E-state index < -0.39 is 0 Å². The molecule has 1 aromatic carbocycles. The highest BCUT2D eigenvalue weighted by Crippen LogP contribution is 2.19. The summed E-state index contributed by atoms with van der Waals surface area (Å²) in [4.78, 5) is 6.10. The van der Waals surface area contributed by atoms with Gasteiger partial charge in [0.1, 0.15) is 0 Å². The molecule has 104 valence electrons. The predicted molar refractivity (Wildman–Crippen MR) is 80.2 cm³/mol. The van der Waals surface area contributed by atoms with Gasteiger partial charge < -0.3 is 15.8 Å². The number of hydrogen-bond acceptors (Lipinski definition) is 4. The van der Waals surface area contributed by atoms with E-state index in [4.69, 9.17) is 10.9 Å². The zero-order valence-corrected chi connectivity index (χ0v) is 11.4. The van der Waals surface area contributed by atoms with Crippen LogP contribution >= 0.6 is 0 Å². The Bertz CT molecular complexity index is 583. The van der Waals surface area contributed by atoms with Gasteiger partial charge in [-0.05, 0) is 36.2 Å². The number of rotatable bonds is 5. The highest BCUT2D eigenvalue weighted by Gasteiger charge is 2.10. The lowest BCUT2D eigenvalue weighted by atomic mass is 10.1. The molecule has 0 bridgehead atoms. The summed E-state index contributed by atoms with van der Waals surface area (Å²) in [6.45, 7) is 0.833. The Morgan fingerprint density at radius 2 is 1.95 bits per heavy atom. The van der Waals surface area contributed by atoms with E-state index in [-0.39, 0.29) is 5.84 Å². The van der Waals surface area contributed by atoms with Gasteiger partial charge >= 0.3 is 0 Å². The number of aromatic nitrogens is 1. The molecule has 0 radical (unpaired) electrons. The van der Waals surface area contributed by atoms with E-state index in [0.29, 0.717) is 0 Å².